The summed E-state index contributed by atoms with van der Waals surface area (Å²) in [6, 6.07) is 14.5. The zero-order valence-corrected chi connectivity index (χ0v) is 15.8. The quantitative estimate of drug-likeness (QED) is 0.695. The second-order valence-corrected chi connectivity index (χ2v) is 6.67. The SMILES string of the molecule is CN(C)C(=O)CCCNCc1cccc(NC(=O)c2ccc(Cl)cc2)c1. The highest BCUT2D eigenvalue weighted by atomic mass is 35.5. The molecular weight excluding hydrogens is 350 g/mol. The summed E-state index contributed by atoms with van der Waals surface area (Å²) in [5.74, 6) is -0.0346. The molecule has 2 aromatic rings. The van der Waals surface area contributed by atoms with E-state index in [-0.39, 0.29) is 11.8 Å². The van der Waals surface area contributed by atoms with Crippen LogP contribution in [-0.4, -0.2) is 37.4 Å². The van der Waals surface area contributed by atoms with Crippen LogP contribution < -0.4 is 10.6 Å². The largest absolute Gasteiger partial charge is 0.349 e. The fourth-order valence-electron chi connectivity index (χ4n) is 2.38. The Labute approximate surface area is 159 Å². The van der Waals surface area contributed by atoms with Crippen molar-refractivity contribution < 1.29 is 9.59 Å². The Hall–Kier alpha value is -2.37. The molecule has 0 saturated heterocycles. The lowest BCUT2D eigenvalue weighted by Crippen LogP contribution is -2.23. The summed E-state index contributed by atoms with van der Waals surface area (Å²) < 4.78 is 0. The van der Waals surface area contributed by atoms with Crippen molar-refractivity contribution in [3.63, 3.8) is 0 Å². The minimum atomic E-state index is -0.172. The van der Waals surface area contributed by atoms with E-state index in [4.69, 9.17) is 11.6 Å². The zero-order chi connectivity index (χ0) is 18.9. The average molecular weight is 374 g/mol. The van der Waals surface area contributed by atoms with Gasteiger partial charge in [-0.05, 0) is 54.9 Å². The first-order chi connectivity index (χ1) is 12.5. The average Bonchev–Trinajstić information content (AvgIpc) is 2.62. The third kappa shape index (κ3) is 6.50. The van der Waals surface area contributed by atoms with E-state index in [0.29, 0.717) is 23.6 Å². The van der Waals surface area contributed by atoms with E-state index < -0.39 is 0 Å². The smallest absolute Gasteiger partial charge is 0.255 e. The van der Waals surface area contributed by atoms with Gasteiger partial charge in [-0.25, -0.2) is 0 Å². The fourth-order valence-corrected chi connectivity index (χ4v) is 2.51. The molecule has 0 heterocycles. The molecule has 0 unspecified atom stereocenters. The van der Waals surface area contributed by atoms with Crippen LogP contribution in [0.25, 0.3) is 0 Å². The van der Waals surface area contributed by atoms with Gasteiger partial charge in [0.25, 0.3) is 5.91 Å². The van der Waals surface area contributed by atoms with Gasteiger partial charge in [-0.2, -0.15) is 0 Å². The van der Waals surface area contributed by atoms with Gasteiger partial charge in [0.15, 0.2) is 0 Å². The molecule has 0 aliphatic carbocycles. The summed E-state index contributed by atoms with van der Waals surface area (Å²) in [6.07, 6.45) is 1.33. The van der Waals surface area contributed by atoms with Gasteiger partial charge in [0, 0.05) is 43.3 Å². The van der Waals surface area contributed by atoms with Crippen LogP contribution in [0.15, 0.2) is 48.5 Å². The van der Waals surface area contributed by atoms with E-state index in [0.717, 1.165) is 24.2 Å². The predicted molar refractivity (Wildman–Crippen MR) is 105 cm³/mol. The van der Waals surface area contributed by atoms with Gasteiger partial charge in [0.2, 0.25) is 5.91 Å². The number of hydrogen-bond donors (Lipinski definition) is 2. The molecule has 0 saturated carbocycles. The van der Waals surface area contributed by atoms with Gasteiger partial charge >= 0.3 is 0 Å². The molecule has 138 valence electrons. The topological polar surface area (TPSA) is 61.4 Å². The summed E-state index contributed by atoms with van der Waals surface area (Å²) in [4.78, 5) is 25.4. The highest BCUT2D eigenvalue weighted by Gasteiger charge is 2.06. The molecule has 5 nitrogen and oxygen atoms in total. The van der Waals surface area contributed by atoms with Crippen molar-refractivity contribution in [3.8, 4) is 0 Å². The molecule has 0 aliphatic rings. The number of carbonyl (C=O) groups is 2. The number of nitrogens with one attached hydrogen (secondary N) is 2. The number of benzene rings is 2. The lowest BCUT2D eigenvalue weighted by Gasteiger charge is -2.11. The Morgan fingerprint density at radius 1 is 1.08 bits per heavy atom. The number of hydrogen-bond acceptors (Lipinski definition) is 3. The highest BCUT2D eigenvalue weighted by Crippen LogP contribution is 2.14. The standard InChI is InChI=1S/C20H24ClN3O2/c1-24(2)19(25)7-4-12-22-14-15-5-3-6-18(13-15)23-20(26)16-8-10-17(21)11-9-16/h3,5-6,8-11,13,22H,4,7,12,14H2,1-2H3,(H,23,26). The van der Waals surface area contributed by atoms with Crippen LogP contribution in [0.5, 0.6) is 0 Å². The first-order valence-electron chi connectivity index (χ1n) is 8.52. The number of halogens is 1. The molecular formula is C20H24ClN3O2. The van der Waals surface area contributed by atoms with Crippen LogP contribution in [0.4, 0.5) is 5.69 Å². The summed E-state index contributed by atoms with van der Waals surface area (Å²) in [5, 5.41) is 6.80. The Bertz CT molecular complexity index is 745. The number of anilines is 1. The minimum Gasteiger partial charge on any atom is -0.349 e. The molecule has 0 fully saturated rings. The van der Waals surface area contributed by atoms with Gasteiger partial charge < -0.3 is 15.5 Å². The van der Waals surface area contributed by atoms with Crippen LogP contribution in [0, 0.1) is 0 Å². The van der Waals surface area contributed by atoms with Crippen molar-refractivity contribution in [1.29, 1.82) is 0 Å². The van der Waals surface area contributed by atoms with Gasteiger partial charge in [-0.1, -0.05) is 23.7 Å². The molecule has 26 heavy (non-hydrogen) atoms. The molecule has 0 spiro atoms. The maximum atomic E-state index is 12.2. The molecule has 6 heteroatoms. The van der Waals surface area contributed by atoms with Gasteiger partial charge in [-0.3, -0.25) is 9.59 Å². The first kappa shape index (κ1) is 19.9. The fraction of sp³-hybridized carbons (Fsp3) is 0.300. The van der Waals surface area contributed by atoms with Gasteiger partial charge in [-0.15, -0.1) is 0 Å². The van der Waals surface area contributed by atoms with E-state index in [1.54, 1.807) is 43.3 Å². The minimum absolute atomic E-state index is 0.138. The third-order valence-corrected chi connectivity index (χ3v) is 4.12. The van der Waals surface area contributed by atoms with Crippen LogP contribution in [0.2, 0.25) is 5.02 Å². The molecule has 0 bridgehead atoms. The Balaban J connectivity index is 1.81. The molecule has 2 rings (SSSR count). The normalized spacial score (nSPS) is 10.4. The molecule has 0 radical (unpaired) electrons. The van der Waals surface area contributed by atoms with Crippen LogP contribution in [-0.2, 0) is 11.3 Å². The molecule has 2 amide bonds. The molecule has 0 aromatic heterocycles. The Morgan fingerprint density at radius 3 is 2.50 bits per heavy atom. The second-order valence-electron chi connectivity index (χ2n) is 6.23. The molecule has 0 aliphatic heterocycles. The van der Waals surface area contributed by atoms with Crippen molar-refractivity contribution in [2.75, 3.05) is 26.0 Å². The van der Waals surface area contributed by atoms with Crippen LogP contribution in [0.1, 0.15) is 28.8 Å². The van der Waals surface area contributed by atoms with Crippen molar-refractivity contribution in [1.82, 2.24) is 10.2 Å². The zero-order valence-electron chi connectivity index (χ0n) is 15.1. The van der Waals surface area contributed by atoms with E-state index >= 15 is 0 Å². The molecule has 2 N–H and O–H groups in total. The van der Waals surface area contributed by atoms with Crippen molar-refractivity contribution in [3.05, 3.63) is 64.7 Å². The number of rotatable bonds is 8. The van der Waals surface area contributed by atoms with Gasteiger partial charge in [0.05, 0.1) is 0 Å². The lowest BCUT2D eigenvalue weighted by molar-refractivity contribution is -0.128. The van der Waals surface area contributed by atoms with E-state index in [1.165, 1.54) is 0 Å². The summed E-state index contributed by atoms with van der Waals surface area (Å²) >= 11 is 5.84. The summed E-state index contributed by atoms with van der Waals surface area (Å²) in [7, 11) is 3.53. The first-order valence-corrected chi connectivity index (χ1v) is 8.90. The summed E-state index contributed by atoms with van der Waals surface area (Å²) in [6.45, 7) is 1.45. The van der Waals surface area contributed by atoms with Crippen LogP contribution >= 0.6 is 11.6 Å². The Morgan fingerprint density at radius 2 is 1.81 bits per heavy atom. The van der Waals surface area contributed by atoms with Crippen molar-refractivity contribution in [2.45, 2.75) is 19.4 Å². The van der Waals surface area contributed by atoms with E-state index in [1.807, 2.05) is 24.3 Å². The van der Waals surface area contributed by atoms with Crippen molar-refractivity contribution in [2.24, 2.45) is 0 Å². The number of carbonyl (C=O) groups excluding carboxylic acids is 2. The van der Waals surface area contributed by atoms with Crippen molar-refractivity contribution >= 4 is 29.1 Å². The maximum Gasteiger partial charge on any atom is 0.255 e. The predicted octanol–water partition coefficient (Wildman–Crippen LogP) is 3.55. The Kier molecular flexibility index (Phi) is 7.63. The maximum absolute atomic E-state index is 12.2. The van der Waals surface area contributed by atoms with E-state index in [2.05, 4.69) is 10.6 Å². The lowest BCUT2D eigenvalue weighted by atomic mass is 10.1. The molecule has 0 atom stereocenters. The second kappa shape index (κ2) is 9.94. The number of amides is 2. The number of nitrogens with zero attached hydrogens (tertiary/aromatic N) is 1. The monoisotopic (exact) mass is 373 g/mol. The summed E-state index contributed by atoms with van der Waals surface area (Å²) in [5.41, 5.74) is 2.37. The molecule has 2 aromatic carbocycles. The third-order valence-electron chi connectivity index (χ3n) is 3.86. The van der Waals surface area contributed by atoms with E-state index in [9.17, 15) is 9.59 Å². The van der Waals surface area contributed by atoms with Crippen LogP contribution in [0.3, 0.4) is 0 Å². The highest BCUT2D eigenvalue weighted by molar-refractivity contribution is 6.30. The van der Waals surface area contributed by atoms with Gasteiger partial charge in [0.1, 0.15) is 0 Å².